The van der Waals surface area contributed by atoms with Crippen molar-refractivity contribution >= 4 is 0 Å². The first kappa shape index (κ1) is 9.05. The number of rotatable bonds is 2. The first-order valence-corrected chi connectivity index (χ1v) is 5.53. The van der Waals surface area contributed by atoms with Crippen LogP contribution in [0.3, 0.4) is 0 Å². The second-order valence-corrected chi connectivity index (χ2v) is 5.01. The Kier molecular flexibility index (Phi) is 2.31. The van der Waals surface area contributed by atoms with Gasteiger partial charge in [0.15, 0.2) is 0 Å². The molecule has 3 atom stereocenters. The van der Waals surface area contributed by atoms with Gasteiger partial charge in [0, 0.05) is 0 Å². The molecule has 0 aromatic carbocycles. The van der Waals surface area contributed by atoms with Crippen molar-refractivity contribution in [1.82, 2.24) is 0 Å². The van der Waals surface area contributed by atoms with Gasteiger partial charge in [-0.2, -0.15) is 0 Å². The minimum atomic E-state index is 0.725. The Morgan fingerprint density at radius 2 is 2.08 bits per heavy atom. The van der Waals surface area contributed by atoms with Crippen LogP contribution in [0.4, 0.5) is 0 Å². The van der Waals surface area contributed by atoms with Crippen molar-refractivity contribution in [2.24, 2.45) is 23.7 Å². The molecule has 2 aliphatic rings. The van der Waals surface area contributed by atoms with Crippen LogP contribution >= 0.6 is 0 Å². The van der Waals surface area contributed by atoms with Crippen LogP contribution in [0.2, 0.25) is 0 Å². The van der Waals surface area contributed by atoms with E-state index in [1.54, 1.807) is 5.57 Å². The molecule has 0 heterocycles. The summed E-state index contributed by atoms with van der Waals surface area (Å²) in [5.41, 5.74) is 1.57. The summed E-state index contributed by atoms with van der Waals surface area (Å²) < 4.78 is 0. The molecule has 2 aliphatic carbocycles. The quantitative estimate of drug-likeness (QED) is 0.561. The molecular formula is C13H20. The average molecular weight is 176 g/mol. The van der Waals surface area contributed by atoms with Crippen LogP contribution in [0.15, 0.2) is 23.8 Å². The monoisotopic (exact) mass is 176 g/mol. The fraction of sp³-hybridized carbons (Fsp3) is 0.692. The fourth-order valence-corrected chi connectivity index (χ4v) is 2.55. The van der Waals surface area contributed by atoms with Gasteiger partial charge in [-0.1, -0.05) is 37.6 Å². The lowest BCUT2D eigenvalue weighted by Gasteiger charge is -2.16. The molecular weight excluding hydrogens is 156 g/mol. The fourth-order valence-electron chi connectivity index (χ4n) is 2.55. The van der Waals surface area contributed by atoms with E-state index in [2.05, 4.69) is 39.0 Å². The van der Waals surface area contributed by atoms with E-state index in [9.17, 15) is 0 Å². The van der Waals surface area contributed by atoms with Gasteiger partial charge in [-0.3, -0.25) is 0 Å². The molecule has 0 aliphatic heterocycles. The molecule has 1 saturated carbocycles. The van der Waals surface area contributed by atoms with Crippen molar-refractivity contribution in [2.45, 2.75) is 33.6 Å². The molecule has 0 spiro atoms. The van der Waals surface area contributed by atoms with Gasteiger partial charge >= 0.3 is 0 Å². The molecule has 2 bridgehead atoms. The number of fused-ring (bicyclic) bond motifs is 2. The first-order chi connectivity index (χ1) is 6.16. The van der Waals surface area contributed by atoms with Crippen molar-refractivity contribution in [1.29, 1.82) is 0 Å². The predicted molar refractivity (Wildman–Crippen MR) is 57.4 cm³/mol. The molecule has 0 N–H and O–H groups in total. The Bertz CT molecular complexity index is 245. The highest BCUT2D eigenvalue weighted by atomic mass is 14.4. The zero-order valence-electron chi connectivity index (χ0n) is 8.96. The predicted octanol–water partition coefficient (Wildman–Crippen LogP) is 3.80. The maximum Gasteiger partial charge on any atom is -0.0162 e. The number of allylic oxidation sites excluding steroid dienone is 4. The highest BCUT2D eigenvalue weighted by molar-refractivity contribution is 5.17. The molecule has 0 saturated heterocycles. The van der Waals surface area contributed by atoms with E-state index in [1.807, 2.05) is 0 Å². The van der Waals surface area contributed by atoms with E-state index in [1.165, 1.54) is 12.8 Å². The SMILES string of the molecule is CC(=CC1CC2C=CC1C2)C(C)C. The summed E-state index contributed by atoms with van der Waals surface area (Å²) in [6.45, 7) is 6.85. The lowest BCUT2D eigenvalue weighted by Crippen LogP contribution is -2.05. The third-order valence-electron chi connectivity index (χ3n) is 3.72. The second kappa shape index (κ2) is 3.32. The Balaban J connectivity index is 2.04. The molecule has 0 aromatic rings. The summed E-state index contributed by atoms with van der Waals surface area (Å²) in [4.78, 5) is 0. The maximum atomic E-state index is 2.53. The zero-order chi connectivity index (χ0) is 9.42. The molecule has 0 heteroatoms. The second-order valence-electron chi connectivity index (χ2n) is 5.01. The molecule has 1 fully saturated rings. The number of hydrogen-bond acceptors (Lipinski definition) is 0. The van der Waals surface area contributed by atoms with Crippen LogP contribution < -0.4 is 0 Å². The molecule has 0 nitrogen and oxygen atoms in total. The molecule has 13 heavy (non-hydrogen) atoms. The zero-order valence-corrected chi connectivity index (χ0v) is 8.96. The molecule has 0 aromatic heterocycles. The Morgan fingerprint density at radius 1 is 1.31 bits per heavy atom. The van der Waals surface area contributed by atoms with Crippen molar-refractivity contribution in [3.63, 3.8) is 0 Å². The van der Waals surface area contributed by atoms with Crippen LogP contribution in [-0.4, -0.2) is 0 Å². The van der Waals surface area contributed by atoms with Crippen molar-refractivity contribution < 1.29 is 0 Å². The average Bonchev–Trinajstić information content (AvgIpc) is 2.64. The van der Waals surface area contributed by atoms with Crippen molar-refractivity contribution in [2.75, 3.05) is 0 Å². The maximum absolute atomic E-state index is 2.53. The van der Waals surface area contributed by atoms with Gasteiger partial charge in [0.05, 0.1) is 0 Å². The Morgan fingerprint density at radius 3 is 2.54 bits per heavy atom. The summed E-state index contributed by atoms with van der Waals surface area (Å²) in [6, 6.07) is 0. The molecule has 72 valence electrons. The summed E-state index contributed by atoms with van der Waals surface area (Å²) in [6.07, 6.45) is 10.2. The topological polar surface area (TPSA) is 0 Å². The highest BCUT2D eigenvalue weighted by Crippen LogP contribution is 2.44. The van der Waals surface area contributed by atoms with Gasteiger partial charge in [0.2, 0.25) is 0 Å². The van der Waals surface area contributed by atoms with Crippen LogP contribution in [0.5, 0.6) is 0 Å². The Labute approximate surface area is 81.7 Å². The van der Waals surface area contributed by atoms with Crippen molar-refractivity contribution in [3.8, 4) is 0 Å². The number of hydrogen-bond donors (Lipinski definition) is 0. The third-order valence-corrected chi connectivity index (χ3v) is 3.72. The van der Waals surface area contributed by atoms with E-state index in [4.69, 9.17) is 0 Å². The van der Waals surface area contributed by atoms with E-state index in [0.717, 1.165) is 23.7 Å². The normalized spacial score (nSPS) is 37.8. The minimum absolute atomic E-state index is 0.725. The minimum Gasteiger partial charge on any atom is -0.0851 e. The van der Waals surface area contributed by atoms with E-state index in [-0.39, 0.29) is 0 Å². The summed E-state index contributed by atoms with van der Waals surface area (Å²) in [5.74, 6) is 3.37. The lowest BCUT2D eigenvalue weighted by molar-refractivity contribution is 0.540. The van der Waals surface area contributed by atoms with Gasteiger partial charge in [-0.25, -0.2) is 0 Å². The van der Waals surface area contributed by atoms with Crippen molar-refractivity contribution in [3.05, 3.63) is 23.8 Å². The van der Waals surface area contributed by atoms with Gasteiger partial charge in [-0.15, -0.1) is 0 Å². The summed E-state index contributed by atoms with van der Waals surface area (Å²) in [5, 5.41) is 0. The first-order valence-electron chi connectivity index (χ1n) is 5.53. The van der Waals surface area contributed by atoms with Gasteiger partial charge < -0.3 is 0 Å². The van der Waals surface area contributed by atoms with E-state index < -0.39 is 0 Å². The Hall–Kier alpha value is -0.520. The molecule has 0 radical (unpaired) electrons. The van der Waals surface area contributed by atoms with Crippen LogP contribution in [0, 0.1) is 23.7 Å². The van der Waals surface area contributed by atoms with Gasteiger partial charge in [0.1, 0.15) is 0 Å². The molecule has 3 unspecified atom stereocenters. The van der Waals surface area contributed by atoms with Crippen LogP contribution in [0.1, 0.15) is 33.6 Å². The molecule has 2 rings (SSSR count). The molecule has 0 amide bonds. The highest BCUT2D eigenvalue weighted by Gasteiger charge is 2.34. The summed E-state index contributed by atoms with van der Waals surface area (Å²) >= 11 is 0. The van der Waals surface area contributed by atoms with E-state index in [0.29, 0.717) is 0 Å². The van der Waals surface area contributed by atoms with Gasteiger partial charge in [0.25, 0.3) is 0 Å². The van der Waals surface area contributed by atoms with Gasteiger partial charge in [-0.05, 0) is 43.4 Å². The third kappa shape index (κ3) is 1.72. The van der Waals surface area contributed by atoms with E-state index >= 15 is 0 Å². The van der Waals surface area contributed by atoms with Crippen LogP contribution in [-0.2, 0) is 0 Å². The lowest BCUT2D eigenvalue weighted by atomic mass is 9.89. The van der Waals surface area contributed by atoms with Crippen LogP contribution in [0.25, 0.3) is 0 Å². The standard InChI is InChI=1S/C13H20/c1-9(2)10(3)6-13-8-11-4-5-12(13)7-11/h4-6,9,11-13H,7-8H2,1-3H3. The smallest absolute Gasteiger partial charge is 0.0162 e. The summed E-state index contributed by atoms with van der Waals surface area (Å²) in [7, 11) is 0. The largest absolute Gasteiger partial charge is 0.0851 e.